The zero-order valence-corrected chi connectivity index (χ0v) is 9.42. The highest BCUT2D eigenvalue weighted by Gasteiger charge is 2.13. The van der Waals surface area contributed by atoms with Crippen LogP contribution in [-0.2, 0) is 4.74 Å². The first-order chi connectivity index (χ1) is 6.49. The first-order valence-corrected chi connectivity index (χ1v) is 5.08. The predicted octanol–water partition coefficient (Wildman–Crippen LogP) is 0.134. The molecule has 0 radical (unpaired) electrons. The molecule has 0 spiro atoms. The Morgan fingerprint density at radius 2 is 1.93 bits per heavy atom. The van der Waals surface area contributed by atoms with Gasteiger partial charge in [0, 0.05) is 25.3 Å². The summed E-state index contributed by atoms with van der Waals surface area (Å²) in [7, 11) is 0. The third kappa shape index (κ3) is 8.44. The molecule has 1 atom stereocenters. The summed E-state index contributed by atoms with van der Waals surface area (Å²) in [5.41, 5.74) is 0.0355. The minimum absolute atomic E-state index is 0.00844. The molecular formula is C10H23NO3. The van der Waals surface area contributed by atoms with Crippen LogP contribution in [0.2, 0.25) is 0 Å². The van der Waals surface area contributed by atoms with Gasteiger partial charge in [0.05, 0.1) is 12.7 Å². The lowest BCUT2D eigenvalue weighted by Gasteiger charge is -2.24. The molecule has 86 valence electrons. The molecule has 1 unspecified atom stereocenters. The van der Waals surface area contributed by atoms with Crippen molar-refractivity contribution < 1.29 is 14.9 Å². The number of hydrogen-bond donors (Lipinski definition) is 3. The van der Waals surface area contributed by atoms with E-state index in [0.29, 0.717) is 19.6 Å². The third-order valence-electron chi connectivity index (χ3n) is 1.72. The van der Waals surface area contributed by atoms with E-state index < -0.39 is 0 Å². The van der Waals surface area contributed by atoms with E-state index in [1.54, 1.807) is 0 Å². The summed E-state index contributed by atoms with van der Waals surface area (Å²) in [6.45, 7) is 7.46. The Bertz CT molecular complexity index is 134. The van der Waals surface area contributed by atoms with Crippen molar-refractivity contribution in [2.45, 2.75) is 38.8 Å². The highest BCUT2D eigenvalue weighted by molar-refractivity contribution is 4.73. The van der Waals surface area contributed by atoms with Crippen molar-refractivity contribution in [2.75, 3.05) is 26.4 Å². The van der Waals surface area contributed by atoms with Gasteiger partial charge in [-0.05, 0) is 27.2 Å². The minimum atomic E-state index is -0.180. The molecular weight excluding hydrogens is 182 g/mol. The summed E-state index contributed by atoms with van der Waals surface area (Å²) >= 11 is 0. The SMILES string of the molecule is CC(C)(C)NCC(CO)OCCCO. The third-order valence-corrected chi connectivity index (χ3v) is 1.72. The average Bonchev–Trinajstić information content (AvgIpc) is 2.09. The Labute approximate surface area is 86.3 Å². The summed E-state index contributed by atoms with van der Waals surface area (Å²) in [6.07, 6.45) is 0.437. The first kappa shape index (κ1) is 13.8. The van der Waals surface area contributed by atoms with Crippen LogP contribution in [0.15, 0.2) is 0 Å². The Morgan fingerprint density at radius 1 is 1.29 bits per heavy atom. The number of ether oxygens (including phenoxy) is 1. The predicted molar refractivity (Wildman–Crippen MR) is 56.3 cm³/mol. The summed E-state index contributed by atoms with van der Waals surface area (Å²) in [5.74, 6) is 0. The highest BCUT2D eigenvalue weighted by Crippen LogP contribution is 2.00. The first-order valence-electron chi connectivity index (χ1n) is 5.08. The normalized spacial score (nSPS) is 14.4. The molecule has 0 aliphatic carbocycles. The largest absolute Gasteiger partial charge is 0.396 e. The van der Waals surface area contributed by atoms with Crippen molar-refractivity contribution in [3.8, 4) is 0 Å². The van der Waals surface area contributed by atoms with E-state index in [1.165, 1.54) is 0 Å². The fourth-order valence-corrected chi connectivity index (χ4v) is 0.911. The molecule has 0 heterocycles. The minimum Gasteiger partial charge on any atom is -0.396 e. The number of hydrogen-bond acceptors (Lipinski definition) is 4. The molecule has 0 aromatic rings. The van der Waals surface area contributed by atoms with Crippen molar-refractivity contribution >= 4 is 0 Å². The number of nitrogens with one attached hydrogen (secondary N) is 1. The van der Waals surface area contributed by atoms with Gasteiger partial charge in [-0.3, -0.25) is 0 Å². The smallest absolute Gasteiger partial charge is 0.0929 e. The summed E-state index contributed by atoms with van der Waals surface area (Å²) in [5, 5.41) is 20.8. The van der Waals surface area contributed by atoms with Crippen LogP contribution < -0.4 is 5.32 Å². The van der Waals surface area contributed by atoms with Crippen molar-refractivity contribution in [1.29, 1.82) is 0 Å². The van der Waals surface area contributed by atoms with Crippen LogP contribution >= 0.6 is 0 Å². The topological polar surface area (TPSA) is 61.7 Å². The zero-order valence-electron chi connectivity index (χ0n) is 9.42. The molecule has 0 fully saturated rings. The van der Waals surface area contributed by atoms with Crippen molar-refractivity contribution in [1.82, 2.24) is 5.32 Å². The summed E-state index contributed by atoms with van der Waals surface area (Å²) in [6, 6.07) is 0. The van der Waals surface area contributed by atoms with E-state index in [1.807, 2.05) is 0 Å². The molecule has 14 heavy (non-hydrogen) atoms. The van der Waals surface area contributed by atoms with E-state index in [-0.39, 0.29) is 24.9 Å². The van der Waals surface area contributed by atoms with E-state index in [4.69, 9.17) is 14.9 Å². The molecule has 0 aromatic carbocycles. The Balaban J connectivity index is 3.58. The molecule has 0 saturated carbocycles. The molecule has 0 amide bonds. The second-order valence-corrected chi connectivity index (χ2v) is 4.38. The van der Waals surface area contributed by atoms with Gasteiger partial charge in [0.2, 0.25) is 0 Å². The number of aliphatic hydroxyl groups excluding tert-OH is 2. The van der Waals surface area contributed by atoms with Gasteiger partial charge in [0.1, 0.15) is 0 Å². The quantitative estimate of drug-likeness (QED) is 0.517. The second kappa shape index (κ2) is 7.17. The van der Waals surface area contributed by atoms with Crippen LogP contribution in [0.5, 0.6) is 0 Å². The molecule has 0 rings (SSSR count). The Kier molecular flexibility index (Phi) is 7.09. The fourth-order valence-electron chi connectivity index (χ4n) is 0.911. The van der Waals surface area contributed by atoms with Crippen LogP contribution in [-0.4, -0.2) is 48.2 Å². The maximum atomic E-state index is 8.99. The number of rotatable bonds is 7. The molecule has 0 saturated heterocycles. The van der Waals surface area contributed by atoms with Crippen LogP contribution in [0.1, 0.15) is 27.2 Å². The summed E-state index contributed by atoms with van der Waals surface area (Å²) in [4.78, 5) is 0. The van der Waals surface area contributed by atoms with E-state index in [2.05, 4.69) is 26.1 Å². The van der Waals surface area contributed by atoms with Gasteiger partial charge < -0.3 is 20.3 Å². The highest BCUT2D eigenvalue weighted by atomic mass is 16.5. The van der Waals surface area contributed by atoms with Crippen LogP contribution in [0.4, 0.5) is 0 Å². The molecule has 3 N–H and O–H groups in total. The zero-order chi connectivity index (χ0) is 11.0. The van der Waals surface area contributed by atoms with Crippen molar-refractivity contribution in [3.05, 3.63) is 0 Å². The standard InChI is InChI=1S/C10H23NO3/c1-10(2,3)11-7-9(8-13)14-6-4-5-12/h9,11-13H,4-8H2,1-3H3. The molecule has 0 aliphatic heterocycles. The van der Waals surface area contributed by atoms with E-state index >= 15 is 0 Å². The average molecular weight is 205 g/mol. The van der Waals surface area contributed by atoms with Gasteiger partial charge in [-0.1, -0.05) is 0 Å². The van der Waals surface area contributed by atoms with Crippen molar-refractivity contribution in [3.63, 3.8) is 0 Å². The molecule has 0 aromatic heterocycles. The monoisotopic (exact) mass is 205 g/mol. The fraction of sp³-hybridized carbons (Fsp3) is 1.00. The number of aliphatic hydroxyl groups is 2. The maximum Gasteiger partial charge on any atom is 0.0929 e. The van der Waals surface area contributed by atoms with E-state index in [9.17, 15) is 0 Å². The summed E-state index contributed by atoms with van der Waals surface area (Å²) < 4.78 is 5.35. The lowest BCUT2D eigenvalue weighted by atomic mass is 10.1. The van der Waals surface area contributed by atoms with Crippen LogP contribution in [0.3, 0.4) is 0 Å². The molecule has 4 heteroatoms. The Morgan fingerprint density at radius 3 is 2.36 bits per heavy atom. The van der Waals surface area contributed by atoms with Gasteiger partial charge in [-0.25, -0.2) is 0 Å². The lowest BCUT2D eigenvalue weighted by Crippen LogP contribution is -2.42. The second-order valence-electron chi connectivity index (χ2n) is 4.38. The van der Waals surface area contributed by atoms with Crippen molar-refractivity contribution in [2.24, 2.45) is 0 Å². The van der Waals surface area contributed by atoms with Crippen LogP contribution in [0, 0.1) is 0 Å². The van der Waals surface area contributed by atoms with Gasteiger partial charge in [0.25, 0.3) is 0 Å². The molecule has 0 aliphatic rings. The van der Waals surface area contributed by atoms with Gasteiger partial charge in [-0.15, -0.1) is 0 Å². The molecule has 0 bridgehead atoms. The van der Waals surface area contributed by atoms with E-state index in [0.717, 1.165) is 0 Å². The maximum absolute atomic E-state index is 8.99. The lowest BCUT2D eigenvalue weighted by molar-refractivity contribution is 0.00505. The van der Waals surface area contributed by atoms with Crippen LogP contribution in [0.25, 0.3) is 0 Å². The van der Waals surface area contributed by atoms with Gasteiger partial charge in [-0.2, -0.15) is 0 Å². The van der Waals surface area contributed by atoms with Gasteiger partial charge >= 0.3 is 0 Å². The Hall–Kier alpha value is -0.160. The molecule has 4 nitrogen and oxygen atoms in total. The van der Waals surface area contributed by atoms with Gasteiger partial charge in [0.15, 0.2) is 0 Å².